The molecule has 262 valence electrons. The van der Waals surface area contributed by atoms with Gasteiger partial charge in [-0.25, -0.2) is 4.98 Å². The van der Waals surface area contributed by atoms with Crippen LogP contribution in [0, 0.1) is 0 Å². The quantitative estimate of drug-likeness (QED) is 0.175. The van der Waals surface area contributed by atoms with Gasteiger partial charge in [0.15, 0.2) is 5.65 Å². The van der Waals surface area contributed by atoms with Crippen LogP contribution in [-0.4, -0.2) is 23.3 Å². The molecule has 56 heavy (non-hydrogen) atoms. The molecule has 5 heteroatoms. The second-order valence-corrected chi connectivity index (χ2v) is 14.4. The van der Waals surface area contributed by atoms with Crippen LogP contribution in [0.5, 0.6) is 0 Å². The predicted octanol–water partition coefficient (Wildman–Crippen LogP) is 12.8. The molecule has 0 aliphatic heterocycles. The minimum atomic E-state index is 0.911. The summed E-state index contributed by atoms with van der Waals surface area (Å²) in [6.45, 7) is 0. The van der Waals surface area contributed by atoms with Gasteiger partial charge >= 0.3 is 0 Å². The lowest BCUT2D eigenvalue weighted by molar-refractivity contribution is 1.10. The molecular weight excluding hydrogens is 683 g/mol. The molecule has 0 N–H and O–H groups in total. The van der Waals surface area contributed by atoms with Crippen LogP contribution in [-0.2, 0) is 0 Å². The van der Waals surface area contributed by atoms with E-state index < -0.39 is 0 Å². The lowest BCUT2D eigenvalue weighted by Crippen LogP contribution is -1.98. The highest BCUT2D eigenvalue weighted by molar-refractivity contribution is 6.19. The molecule has 0 aliphatic rings. The van der Waals surface area contributed by atoms with Crippen molar-refractivity contribution in [3.63, 3.8) is 0 Å². The van der Waals surface area contributed by atoms with Gasteiger partial charge in [0.05, 0.1) is 27.6 Å². The lowest BCUT2D eigenvalue weighted by Gasteiger charge is -2.12. The van der Waals surface area contributed by atoms with Gasteiger partial charge in [0.25, 0.3) is 0 Å². The van der Waals surface area contributed by atoms with Crippen LogP contribution in [0.3, 0.4) is 0 Å². The van der Waals surface area contributed by atoms with Crippen LogP contribution in [0.2, 0.25) is 0 Å². The van der Waals surface area contributed by atoms with E-state index in [2.05, 4.69) is 218 Å². The second-order valence-electron chi connectivity index (χ2n) is 14.4. The number of rotatable bonds is 5. The monoisotopic (exact) mass is 715 g/mol. The number of hydrogen-bond acceptors (Lipinski definition) is 1. The summed E-state index contributed by atoms with van der Waals surface area (Å²) in [5.74, 6) is 0.911. The SMILES string of the molecule is c1ccc(-c2nc3c(c4cc5c(cc4n3-c3ccccc3)c3ccccc3n5-c3ccc4c(c3)c3ccccc3n4-c3ccccc3)n2-c2ccccc2)cc1. The Morgan fingerprint density at radius 3 is 1.36 bits per heavy atom. The molecule has 4 aromatic heterocycles. The molecule has 0 unspecified atom stereocenters. The summed E-state index contributed by atoms with van der Waals surface area (Å²) >= 11 is 0. The van der Waals surface area contributed by atoms with Crippen molar-refractivity contribution >= 4 is 65.7 Å². The van der Waals surface area contributed by atoms with E-state index in [-0.39, 0.29) is 0 Å². The standard InChI is InChI=1S/C51H33N5/c1-5-17-34(18-6-1)50-52-51-49(56(50)37-23-11-4-12-24-37)43-33-47-42(32-48(43)55(51)36-21-9-3-10-22-36)40-26-14-16-28-45(40)54(47)38-29-30-46-41(31-38)39-25-13-15-27-44(39)53(46)35-19-7-2-8-20-35/h1-33H. The Labute approximate surface area is 322 Å². The highest BCUT2D eigenvalue weighted by Crippen LogP contribution is 2.43. The fraction of sp³-hybridized carbons (Fsp3) is 0. The Kier molecular flexibility index (Phi) is 6.56. The number of imidazole rings is 1. The highest BCUT2D eigenvalue weighted by Gasteiger charge is 2.25. The Morgan fingerprint density at radius 1 is 0.286 bits per heavy atom. The molecule has 0 saturated heterocycles. The van der Waals surface area contributed by atoms with Crippen LogP contribution < -0.4 is 0 Å². The number of nitrogens with zero attached hydrogens (tertiary/aromatic N) is 5. The molecule has 0 amide bonds. The van der Waals surface area contributed by atoms with Gasteiger partial charge in [0.1, 0.15) is 11.3 Å². The summed E-state index contributed by atoms with van der Waals surface area (Å²) in [6, 6.07) is 71.7. The van der Waals surface area contributed by atoms with E-state index in [0.29, 0.717) is 0 Å². The molecule has 0 aliphatic carbocycles. The molecular formula is C51H33N5. The van der Waals surface area contributed by atoms with E-state index >= 15 is 0 Å². The maximum Gasteiger partial charge on any atom is 0.165 e. The summed E-state index contributed by atoms with van der Waals surface area (Å²) in [4.78, 5) is 5.50. The van der Waals surface area contributed by atoms with E-state index in [1.807, 2.05) is 0 Å². The minimum absolute atomic E-state index is 0.911. The summed E-state index contributed by atoms with van der Waals surface area (Å²) in [5.41, 5.74) is 13.3. The largest absolute Gasteiger partial charge is 0.309 e. The van der Waals surface area contributed by atoms with Gasteiger partial charge < -0.3 is 9.13 Å². The maximum atomic E-state index is 5.50. The number of fused-ring (bicyclic) bond motifs is 9. The van der Waals surface area contributed by atoms with E-state index in [0.717, 1.165) is 61.7 Å². The summed E-state index contributed by atoms with van der Waals surface area (Å²) in [5, 5.41) is 6.01. The molecule has 12 rings (SSSR count). The molecule has 0 atom stereocenters. The summed E-state index contributed by atoms with van der Waals surface area (Å²) in [7, 11) is 0. The van der Waals surface area contributed by atoms with Crippen molar-refractivity contribution in [2.45, 2.75) is 0 Å². The topological polar surface area (TPSA) is 32.6 Å². The number of para-hydroxylation sites is 5. The van der Waals surface area contributed by atoms with Gasteiger partial charge in [-0.1, -0.05) is 121 Å². The molecule has 12 aromatic rings. The van der Waals surface area contributed by atoms with Gasteiger partial charge in [-0.2, -0.15) is 0 Å². The van der Waals surface area contributed by atoms with Gasteiger partial charge in [-0.05, 0) is 78.9 Å². The average Bonchev–Trinajstić information content (AvgIpc) is 4.00. The van der Waals surface area contributed by atoms with E-state index in [4.69, 9.17) is 4.98 Å². The first kappa shape index (κ1) is 30.8. The maximum absolute atomic E-state index is 5.50. The third kappa shape index (κ3) is 4.39. The van der Waals surface area contributed by atoms with E-state index in [1.54, 1.807) is 0 Å². The zero-order valence-electron chi connectivity index (χ0n) is 30.3. The molecule has 8 aromatic carbocycles. The number of aromatic nitrogens is 5. The molecule has 0 saturated carbocycles. The van der Waals surface area contributed by atoms with Crippen molar-refractivity contribution in [2.24, 2.45) is 0 Å². The fourth-order valence-corrected chi connectivity index (χ4v) is 8.98. The third-order valence-corrected chi connectivity index (χ3v) is 11.3. The first-order valence-corrected chi connectivity index (χ1v) is 19.1. The molecule has 0 fully saturated rings. The van der Waals surface area contributed by atoms with Gasteiger partial charge in [-0.3, -0.25) is 9.13 Å². The van der Waals surface area contributed by atoms with Crippen molar-refractivity contribution in [2.75, 3.05) is 0 Å². The van der Waals surface area contributed by atoms with Crippen LogP contribution in [0.4, 0.5) is 0 Å². The van der Waals surface area contributed by atoms with Gasteiger partial charge in [0.2, 0.25) is 0 Å². The van der Waals surface area contributed by atoms with Crippen molar-refractivity contribution in [3.05, 3.63) is 200 Å². The zero-order valence-corrected chi connectivity index (χ0v) is 30.3. The Hall–Kier alpha value is -7.63. The van der Waals surface area contributed by atoms with Gasteiger partial charge in [-0.15, -0.1) is 0 Å². The summed E-state index contributed by atoms with van der Waals surface area (Å²) in [6.07, 6.45) is 0. The number of benzene rings is 8. The minimum Gasteiger partial charge on any atom is -0.309 e. The third-order valence-electron chi connectivity index (χ3n) is 11.3. The predicted molar refractivity (Wildman–Crippen MR) is 232 cm³/mol. The van der Waals surface area contributed by atoms with Crippen molar-refractivity contribution in [3.8, 4) is 34.1 Å². The van der Waals surface area contributed by atoms with Crippen LogP contribution >= 0.6 is 0 Å². The van der Waals surface area contributed by atoms with E-state index in [9.17, 15) is 0 Å². The normalized spacial score (nSPS) is 11.9. The van der Waals surface area contributed by atoms with Crippen molar-refractivity contribution < 1.29 is 0 Å². The zero-order chi connectivity index (χ0) is 36.7. The van der Waals surface area contributed by atoms with Crippen molar-refractivity contribution in [1.29, 1.82) is 0 Å². The molecule has 0 radical (unpaired) electrons. The van der Waals surface area contributed by atoms with Crippen LogP contribution in [0.25, 0.3) is 99.8 Å². The molecule has 0 spiro atoms. The molecule has 4 heterocycles. The Morgan fingerprint density at radius 2 is 0.732 bits per heavy atom. The second kappa shape index (κ2) is 11.9. The average molecular weight is 716 g/mol. The van der Waals surface area contributed by atoms with Crippen molar-refractivity contribution in [1.82, 2.24) is 23.3 Å². The van der Waals surface area contributed by atoms with Crippen LogP contribution in [0.1, 0.15) is 0 Å². The first-order chi connectivity index (χ1) is 27.8. The Balaban J connectivity index is 1.21. The highest BCUT2D eigenvalue weighted by atomic mass is 15.2. The lowest BCUT2D eigenvalue weighted by atomic mass is 10.1. The fourth-order valence-electron chi connectivity index (χ4n) is 8.98. The molecule has 5 nitrogen and oxygen atoms in total. The number of hydrogen-bond donors (Lipinski definition) is 0. The van der Waals surface area contributed by atoms with Crippen LogP contribution in [0.15, 0.2) is 200 Å². The first-order valence-electron chi connectivity index (χ1n) is 19.1. The smallest absolute Gasteiger partial charge is 0.165 e. The molecule has 0 bridgehead atoms. The van der Waals surface area contributed by atoms with Gasteiger partial charge in [0, 0.05) is 55.2 Å². The van der Waals surface area contributed by atoms with E-state index in [1.165, 1.54) is 38.1 Å². The Bertz CT molecular complexity index is 3440. The summed E-state index contributed by atoms with van der Waals surface area (Å²) < 4.78 is 9.51.